The van der Waals surface area contributed by atoms with Gasteiger partial charge in [-0.2, -0.15) is 0 Å². The van der Waals surface area contributed by atoms with Crippen molar-refractivity contribution >= 4 is 29.9 Å². The molecule has 132 valence electrons. The van der Waals surface area contributed by atoms with Gasteiger partial charge in [0.1, 0.15) is 11.5 Å². The van der Waals surface area contributed by atoms with E-state index in [-0.39, 0.29) is 24.0 Å². The summed E-state index contributed by atoms with van der Waals surface area (Å²) in [6.45, 7) is 4.66. The van der Waals surface area contributed by atoms with Gasteiger partial charge in [0.25, 0.3) is 0 Å². The number of nitrogens with zero attached hydrogens (tertiary/aromatic N) is 1. The monoisotopic (exact) mass is 435 g/mol. The standard InChI is InChI=1S/C17H29N3O2.HI/c1-4-5-6-11-19-17(18-2)20-12-8-13-22-16-10-7-9-15(14-16)21-3;/h7,9-10,14H,4-6,8,11-13H2,1-3H3,(H2,18,19,20);1H. The van der Waals surface area contributed by atoms with E-state index in [1.165, 1.54) is 19.3 Å². The number of rotatable bonds is 10. The van der Waals surface area contributed by atoms with Gasteiger partial charge in [0.2, 0.25) is 0 Å². The van der Waals surface area contributed by atoms with Gasteiger partial charge in [-0.3, -0.25) is 4.99 Å². The van der Waals surface area contributed by atoms with E-state index < -0.39 is 0 Å². The lowest BCUT2D eigenvalue weighted by Gasteiger charge is -2.12. The van der Waals surface area contributed by atoms with Crippen LogP contribution in [0.1, 0.15) is 32.6 Å². The second kappa shape index (κ2) is 14.4. The Balaban J connectivity index is 0.00000484. The number of halogens is 1. The third-order valence-electron chi connectivity index (χ3n) is 3.22. The number of benzene rings is 1. The fourth-order valence-corrected chi connectivity index (χ4v) is 1.96. The summed E-state index contributed by atoms with van der Waals surface area (Å²) in [5.74, 6) is 2.51. The Bertz CT molecular complexity index is 442. The van der Waals surface area contributed by atoms with Crippen LogP contribution in [0.15, 0.2) is 29.3 Å². The van der Waals surface area contributed by atoms with Crippen molar-refractivity contribution in [1.29, 1.82) is 0 Å². The molecular formula is C17H30IN3O2. The van der Waals surface area contributed by atoms with Crippen molar-refractivity contribution in [2.24, 2.45) is 4.99 Å². The molecule has 5 nitrogen and oxygen atoms in total. The van der Waals surface area contributed by atoms with E-state index in [1.807, 2.05) is 24.3 Å². The van der Waals surface area contributed by atoms with E-state index in [2.05, 4.69) is 22.5 Å². The van der Waals surface area contributed by atoms with E-state index >= 15 is 0 Å². The van der Waals surface area contributed by atoms with Crippen LogP contribution in [-0.2, 0) is 0 Å². The average molecular weight is 435 g/mol. The second-order valence-electron chi connectivity index (χ2n) is 5.01. The first-order chi connectivity index (χ1) is 10.8. The van der Waals surface area contributed by atoms with Crippen LogP contribution in [-0.4, -0.2) is 39.8 Å². The van der Waals surface area contributed by atoms with E-state index in [4.69, 9.17) is 9.47 Å². The summed E-state index contributed by atoms with van der Waals surface area (Å²) < 4.78 is 10.9. The maximum atomic E-state index is 5.70. The van der Waals surface area contributed by atoms with Gasteiger partial charge in [0.05, 0.1) is 13.7 Å². The Morgan fingerprint density at radius 3 is 2.43 bits per heavy atom. The molecule has 0 fully saturated rings. The molecule has 0 saturated heterocycles. The van der Waals surface area contributed by atoms with Crippen LogP contribution in [0.5, 0.6) is 11.5 Å². The maximum Gasteiger partial charge on any atom is 0.190 e. The molecule has 23 heavy (non-hydrogen) atoms. The average Bonchev–Trinajstić information content (AvgIpc) is 2.56. The van der Waals surface area contributed by atoms with Crippen LogP contribution in [0, 0.1) is 0 Å². The molecule has 1 aromatic carbocycles. The number of nitrogens with one attached hydrogen (secondary N) is 2. The highest BCUT2D eigenvalue weighted by Crippen LogP contribution is 2.18. The Morgan fingerprint density at radius 2 is 1.78 bits per heavy atom. The van der Waals surface area contributed by atoms with Gasteiger partial charge in [-0.05, 0) is 25.0 Å². The van der Waals surface area contributed by atoms with E-state index in [9.17, 15) is 0 Å². The predicted octanol–water partition coefficient (Wildman–Crippen LogP) is 3.44. The highest BCUT2D eigenvalue weighted by atomic mass is 127. The van der Waals surface area contributed by atoms with Crippen molar-refractivity contribution in [2.75, 3.05) is 33.9 Å². The molecule has 0 heterocycles. The van der Waals surface area contributed by atoms with Gasteiger partial charge in [-0.1, -0.05) is 25.8 Å². The number of guanidine groups is 1. The largest absolute Gasteiger partial charge is 0.497 e. The Hall–Kier alpha value is -1.18. The molecule has 0 atom stereocenters. The lowest BCUT2D eigenvalue weighted by molar-refractivity contribution is 0.308. The highest BCUT2D eigenvalue weighted by Gasteiger charge is 1.98. The van der Waals surface area contributed by atoms with Gasteiger partial charge in [-0.25, -0.2) is 0 Å². The van der Waals surface area contributed by atoms with Crippen molar-refractivity contribution in [1.82, 2.24) is 10.6 Å². The fraction of sp³-hybridized carbons (Fsp3) is 0.588. The summed E-state index contributed by atoms with van der Waals surface area (Å²) in [6.07, 6.45) is 4.57. The van der Waals surface area contributed by atoms with Crippen LogP contribution < -0.4 is 20.1 Å². The molecule has 0 unspecified atom stereocenters. The summed E-state index contributed by atoms with van der Waals surface area (Å²) >= 11 is 0. The minimum absolute atomic E-state index is 0. The number of ether oxygens (including phenoxy) is 2. The number of aliphatic imine (C=N–C) groups is 1. The Labute approximate surface area is 157 Å². The van der Waals surface area contributed by atoms with Crippen LogP contribution >= 0.6 is 24.0 Å². The molecule has 1 aromatic rings. The van der Waals surface area contributed by atoms with Crippen LogP contribution in [0.4, 0.5) is 0 Å². The minimum Gasteiger partial charge on any atom is -0.497 e. The van der Waals surface area contributed by atoms with Gasteiger partial charge in [-0.15, -0.1) is 24.0 Å². The fourth-order valence-electron chi connectivity index (χ4n) is 1.96. The summed E-state index contributed by atoms with van der Waals surface area (Å²) in [5, 5.41) is 6.60. The Morgan fingerprint density at radius 1 is 1.09 bits per heavy atom. The summed E-state index contributed by atoms with van der Waals surface area (Å²) in [6, 6.07) is 7.66. The number of unbranched alkanes of at least 4 members (excludes halogenated alkanes) is 2. The number of methoxy groups -OCH3 is 1. The normalized spacial score (nSPS) is 10.7. The molecule has 0 bridgehead atoms. The van der Waals surface area contributed by atoms with Crippen LogP contribution in [0.2, 0.25) is 0 Å². The van der Waals surface area contributed by atoms with Crippen molar-refractivity contribution in [3.8, 4) is 11.5 Å². The quantitative estimate of drug-likeness (QED) is 0.256. The van der Waals surface area contributed by atoms with Gasteiger partial charge < -0.3 is 20.1 Å². The summed E-state index contributed by atoms with van der Waals surface area (Å²) in [5.41, 5.74) is 0. The summed E-state index contributed by atoms with van der Waals surface area (Å²) in [4.78, 5) is 4.20. The van der Waals surface area contributed by atoms with E-state index in [0.29, 0.717) is 6.61 Å². The third-order valence-corrected chi connectivity index (χ3v) is 3.22. The smallest absolute Gasteiger partial charge is 0.190 e. The zero-order valence-corrected chi connectivity index (χ0v) is 16.8. The zero-order valence-electron chi connectivity index (χ0n) is 14.4. The predicted molar refractivity (Wildman–Crippen MR) is 107 cm³/mol. The Kier molecular flexibility index (Phi) is 13.7. The summed E-state index contributed by atoms with van der Waals surface area (Å²) in [7, 11) is 3.45. The first-order valence-electron chi connectivity index (χ1n) is 8.01. The first-order valence-corrected chi connectivity index (χ1v) is 8.01. The van der Waals surface area contributed by atoms with Crippen molar-refractivity contribution in [3.63, 3.8) is 0 Å². The molecule has 0 radical (unpaired) electrons. The lowest BCUT2D eigenvalue weighted by atomic mass is 10.2. The number of hydrogen-bond acceptors (Lipinski definition) is 3. The topological polar surface area (TPSA) is 54.9 Å². The molecule has 0 amide bonds. The molecule has 0 spiro atoms. The van der Waals surface area contributed by atoms with Crippen molar-refractivity contribution < 1.29 is 9.47 Å². The van der Waals surface area contributed by atoms with E-state index in [0.717, 1.165) is 37.0 Å². The van der Waals surface area contributed by atoms with Crippen molar-refractivity contribution in [2.45, 2.75) is 32.6 Å². The number of hydrogen-bond donors (Lipinski definition) is 2. The molecule has 0 aliphatic rings. The first kappa shape index (κ1) is 21.8. The van der Waals surface area contributed by atoms with Crippen LogP contribution in [0.3, 0.4) is 0 Å². The van der Waals surface area contributed by atoms with E-state index in [1.54, 1.807) is 14.2 Å². The molecule has 6 heteroatoms. The molecular weight excluding hydrogens is 405 g/mol. The lowest BCUT2D eigenvalue weighted by Crippen LogP contribution is -2.38. The third kappa shape index (κ3) is 10.3. The molecule has 0 saturated carbocycles. The second-order valence-corrected chi connectivity index (χ2v) is 5.01. The highest BCUT2D eigenvalue weighted by molar-refractivity contribution is 14.0. The molecule has 0 aromatic heterocycles. The van der Waals surface area contributed by atoms with Gasteiger partial charge in [0.15, 0.2) is 5.96 Å². The SMILES string of the molecule is CCCCCNC(=NC)NCCCOc1cccc(OC)c1.I. The van der Waals surface area contributed by atoms with Crippen LogP contribution in [0.25, 0.3) is 0 Å². The van der Waals surface area contributed by atoms with Gasteiger partial charge >= 0.3 is 0 Å². The molecule has 0 aliphatic carbocycles. The maximum absolute atomic E-state index is 5.70. The zero-order chi connectivity index (χ0) is 16.0. The molecule has 1 rings (SSSR count). The molecule has 0 aliphatic heterocycles. The van der Waals surface area contributed by atoms with Crippen molar-refractivity contribution in [3.05, 3.63) is 24.3 Å². The van der Waals surface area contributed by atoms with Gasteiger partial charge in [0, 0.05) is 26.2 Å². The molecule has 2 N–H and O–H groups in total. The minimum atomic E-state index is 0.